The van der Waals surface area contributed by atoms with Gasteiger partial charge in [0.1, 0.15) is 0 Å². The Morgan fingerprint density at radius 1 is 1.15 bits per heavy atom. The molecule has 1 amide bonds. The van der Waals surface area contributed by atoms with Crippen LogP contribution in [0.2, 0.25) is 0 Å². The molecule has 0 bridgehead atoms. The lowest BCUT2D eigenvalue weighted by atomic mass is 9.85. The molecular weight excluding hydrogens is 336 g/mol. The highest BCUT2D eigenvalue weighted by Crippen LogP contribution is 2.48. The fourth-order valence-corrected chi connectivity index (χ4v) is 4.12. The molecule has 2 aliphatic rings. The van der Waals surface area contributed by atoms with Gasteiger partial charge in [-0.15, -0.1) is 0 Å². The zero-order chi connectivity index (χ0) is 19.7. The fourth-order valence-electron chi connectivity index (χ4n) is 4.12. The number of morpholine rings is 1. The van der Waals surface area contributed by atoms with Crippen LogP contribution in [0, 0.1) is 5.92 Å². The third kappa shape index (κ3) is 4.55. The molecule has 3 rings (SSSR count). The maximum atomic E-state index is 13.1. The normalized spacial score (nSPS) is 21.1. The molecule has 1 N–H and O–H groups in total. The number of nitrogens with one attached hydrogen (secondary N) is 1. The number of hydrogen-bond donors (Lipinski definition) is 1. The maximum absolute atomic E-state index is 13.1. The van der Waals surface area contributed by atoms with Crippen molar-refractivity contribution in [1.29, 1.82) is 0 Å². The Hall–Kier alpha value is -1.39. The number of rotatable bonds is 6. The molecule has 27 heavy (non-hydrogen) atoms. The third-order valence-electron chi connectivity index (χ3n) is 6.24. The van der Waals surface area contributed by atoms with Gasteiger partial charge >= 0.3 is 0 Å². The molecule has 4 heteroatoms. The number of carbonyl (C=O) groups excluding carboxylic acids is 1. The first-order valence-electron chi connectivity index (χ1n) is 10.5. The average molecular weight is 373 g/mol. The SMILES string of the molecule is CC(C)C(CNC(=O)C1(c2ccc(C(C)(C)C)cc2)CC1)N1CCOCC1. The van der Waals surface area contributed by atoms with Crippen LogP contribution < -0.4 is 5.32 Å². The highest BCUT2D eigenvalue weighted by Gasteiger charge is 2.51. The van der Waals surface area contributed by atoms with Crippen LogP contribution in [0.3, 0.4) is 0 Å². The molecule has 0 radical (unpaired) electrons. The molecule has 1 unspecified atom stereocenters. The molecule has 1 saturated heterocycles. The molecule has 0 spiro atoms. The number of benzene rings is 1. The van der Waals surface area contributed by atoms with E-state index in [-0.39, 0.29) is 16.7 Å². The van der Waals surface area contributed by atoms with Gasteiger partial charge in [-0.2, -0.15) is 0 Å². The van der Waals surface area contributed by atoms with Crippen molar-refractivity contribution < 1.29 is 9.53 Å². The zero-order valence-electron chi connectivity index (χ0n) is 17.7. The minimum Gasteiger partial charge on any atom is -0.379 e. The van der Waals surface area contributed by atoms with E-state index in [9.17, 15) is 4.79 Å². The van der Waals surface area contributed by atoms with Crippen LogP contribution in [-0.4, -0.2) is 49.7 Å². The van der Waals surface area contributed by atoms with Crippen molar-refractivity contribution in [2.45, 2.75) is 64.3 Å². The van der Waals surface area contributed by atoms with Crippen molar-refractivity contribution in [2.24, 2.45) is 5.92 Å². The van der Waals surface area contributed by atoms with Crippen molar-refractivity contribution in [3.8, 4) is 0 Å². The van der Waals surface area contributed by atoms with Gasteiger partial charge in [0, 0.05) is 25.7 Å². The maximum Gasteiger partial charge on any atom is 0.230 e. The minimum absolute atomic E-state index is 0.139. The molecule has 1 aliphatic heterocycles. The summed E-state index contributed by atoms with van der Waals surface area (Å²) < 4.78 is 5.48. The summed E-state index contributed by atoms with van der Waals surface area (Å²) >= 11 is 0. The van der Waals surface area contributed by atoms with Gasteiger partial charge in [0.15, 0.2) is 0 Å². The zero-order valence-corrected chi connectivity index (χ0v) is 17.7. The van der Waals surface area contributed by atoms with E-state index in [0.717, 1.165) is 45.7 Å². The smallest absolute Gasteiger partial charge is 0.230 e. The monoisotopic (exact) mass is 372 g/mol. The summed E-state index contributed by atoms with van der Waals surface area (Å²) in [5.41, 5.74) is 2.32. The number of nitrogens with zero attached hydrogens (tertiary/aromatic N) is 1. The molecule has 1 saturated carbocycles. The summed E-state index contributed by atoms with van der Waals surface area (Å²) in [5.74, 6) is 0.703. The topological polar surface area (TPSA) is 41.6 Å². The number of ether oxygens (including phenoxy) is 1. The van der Waals surface area contributed by atoms with E-state index >= 15 is 0 Å². The molecule has 4 nitrogen and oxygen atoms in total. The lowest BCUT2D eigenvalue weighted by molar-refractivity contribution is -0.124. The van der Waals surface area contributed by atoms with E-state index in [2.05, 4.69) is 69.1 Å². The predicted octanol–water partition coefficient (Wildman–Crippen LogP) is 3.49. The molecule has 0 aromatic heterocycles. The number of hydrogen-bond acceptors (Lipinski definition) is 3. The van der Waals surface area contributed by atoms with E-state index in [1.165, 1.54) is 11.1 Å². The van der Waals surface area contributed by atoms with Crippen molar-refractivity contribution in [1.82, 2.24) is 10.2 Å². The Morgan fingerprint density at radius 2 is 1.74 bits per heavy atom. The summed E-state index contributed by atoms with van der Waals surface area (Å²) in [4.78, 5) is 15.5. The molecule has 1 aromatic carbocycles. The lowest BCUT2D eigenvalue weighted by Crippen LogP contribution is -2.52. The van der Waals surface area contributed by atoms with Crippen molar-refractivity contribution in [3.05, 3.63) is 35.4 Å². The van der Waals surface area contributed by atoms with E-state index in [0.29, 0.717) is 12.0 Å². The van der Waals surface area contributed by atoms with Gasteiger partial charge in [0.05, 0.1) is 18.6 Å². The summed E-state index contributed by atoms with van der Waals surface area (Å²) in [6.07, 6.45) is 1.91. The van der Waals surface area contributed by atoms with E-state index in [4.69, 9.17) is 4.74 Å². The Balaban J connectivity index is 1.64. The Kier molecular flexibility index (Phi) is 5.97. The van der Waals surface area contributed by atoms with Crippen molar-refractivity contribution in [2.75, 3.05) is 32.8 Å². The minimum atomic E-state index is -0.303. The van der Waals surface area contributed by atoms with Crippen LogP contribution in [0.1, 0.15) is 58.6 Å². The first-order chi connectivity index (χ1) is 12.7. The van der Waals surface area contributed by atoms with Crippen LogP contribution in [0.5, 0.6) is 0 Å². The van der Waals surface area contributed by atoms with Gasteiger partial charge in [-0.1, -0.05) is 58.9 Å². The van der Waals surface area contributed by atoms with Crippen LogP contribution in [0.4, 0.5) is 0 Å². The van der Waals surface area contributed by atoms with Crippen LogP contribution in [-0.2, 0) is 20.4 Å². The first-order valence-corrected chi connectivity index (χ1v) is 10.5. The molecule has 1 heterocycles. The fraction of sp³-hybridized carbons (Fsp3) is 0.696. The number of carbonyl (C=O) groups is 1. The molecule has 150 valence electrons. The summed E-state index contributed by atoms with van der Waals surface area (Å²) in [6.45, 7) is 15.4. The average Bonchev–Trinajstić information content (AvgIpc) is 3.44. The first kappa shape index (κ1) is 20.3. The van der Waals surface area contributed by atoms with Gasteiger partial charge in [-0.25, -0.2) is 0 Å². The van der Waals surface area contributed by atoms with Crippen molar-refractivity contribution in [3.63, 3.8) is 0 Å². The second kappa shape index (κ2) is 7.92. The van der Waals surface area contributed by atoms with Crippen molar-refractivity contribution >= 4 is 5.91 Å². The van der Waals surface area contributed by atoms with E-state index in [1.807, 2.05) is 0 Å². The molecule has 1 aromatic rings. The Morgan fingerprint density at radius 3 is 2.22 bits per heavy atom. The van der Waals surface area contributed by atoms with Gasteiger partial charge in [-0.3, -0.25) is 9.69 Å². The summed E-state index contributed by atoms with van der Waals surface area (Å²) in [5, 5.41) is 3.29. The third-order valence-corrected chi connectivity index (χ3v) is 6.24. The highest BCUT2D eigenvalue weighted by atomic mass is 16.5. The molecule has 1 atom stereocenters. The standard InChI is InChI=1S/C23H36N2O2/c1-17(2)20(25-12-14-27-15-13-25)16-24-21(26)23(10-11-23)19-8-6-18(7-9-19)22(3,4)5/h6-9,17,20H,10-16H2,1-5H3,(H,24,26). The van der Waals surface area contributed by atoms with Gasteiger partial charge in [0.2, 0.25) is 5.91 Å². The van der Waals surface area contributed by atoms with Gasteiger partial charge in [-0.05, 0) is 35.3 Å². The summed E-state index contributed by atoms with van der Waals surface area (Å²) in [6, 6.07) is 9.07. The lowest BCUT2D eigenvalue weighted by Gasteiger charge is -2.37. The van der Waals surface area contributed by atoms with Crippen LogP contribution >= 0.6 is 0 Å². The summed E-state index contributed by atoms with van der Waals surface area (Å²) in [7, 11) is 0. The highest BCUT2D eigenvalue weighted by molar-refractivity contribution is 5.91. The molecule has 1 aliphatic carbocycles. The molecule has 2 fully saturated rings. The molecular formula is C23H36N2O2. The Labute approximate surface area is 164 Å². The van der Waals surface area contributed by atoms with Crippen LogP contribution in [0.25, 0.3) is 0 Å². The second-order valence-electron chi connectivity index (χ2n) is 9.58. The second-order valence-corrected chi connectivity index (χ2v) is 9.58. The van der Waals surface area contributed by atoms with E-state index < -0.39 is 0 Å². The van der Waals surface area contributed by atoms with Crippen LogP contribution in [0.15, 0.2) is 24.3 Å². The predicted molar refractivity (Wildman–Crippen MR) is 110 cm³/mol. The van der Waals surface area contributed by atoms with Gasteiger partial charge < -0.3 is 10.1 Å². The largest absolute Gasteiger partial charge is 0.379 e. The number of amides is 1. The quantitative estimate of drug-likeness (QED) is 0.831. The van der Waals surface area contributed by atoms with Gasteiger partial charge in [0.25, 0.3) is 0 Å². The Bertz CT molecular complexity index is 635. The van der Waals surface area contributed by atoms with E-state index in [1.54, 1.807) is 0 Å².